The molecule has 0 saturated heterocycles. The zero-order chi connectivity index (χ0) is 8.97. The third kappa shape index (κ3) is 2.16. The van der Waals surface area contributed by atoms with Crippen molar-refractivity contribution < 1.29 is 9.90 Å². The summed E-state index contributed by atoms with van der Waals surface area (Å²) in [5.41, 5.74) is 1.55. The van der Waals surface area contributed by atoms with Crippen molar-refractivity contribution in [3.05, 3.63) is 5.51 Å². The first-order valence-corrected chi connectivity index (χ1v) is 4.37. The first kappa shape index (κ1) is 8.92. The molecule has 0 aliphatic carbocycles. The van der Waals surface area contributed by atoms with Crippen LogP contribution >= 0.6 is 11.3 Å². The fraction of sp³-hybridized carbons (Fsp3) is 0.500. The highest BCUT2D eigenvalue weighted by Crippen LogP contribution is 2.10. The van der Waals surface area contributed by atoms with Gasteiger partial charge in [-0.2, -0.15) is 0 Å². The Morgan fingerprint density at radius 3 is 3.08 bits per heavy atom. The molecule has 12 heavy (non-hydrogen) atoms. The van der Waals surface area contributed by atoms with E-state index in [9.17, 15) is 4.79 Å². The predicted octanol–water partition coefficient (Wildman–Crippen LogP) is 0.813. The minimum Gasteiger partial charge on any atom is -0.480 e. The fourth-order valence-electron chi connectivity index (χ4n) is 0.723. The van der Waals surface area contributed by atoms with Crippen LogP contribution in [0.1, 0.15) is 13.3 Å². The standard InChI is InChI=1S/C6H9N3O2S/c1-2-4(5(10)11)8-6-9-7-3-12-6/h3-4H,2H2,1H3,(H,8,9)(H,10,11). The average molecular weight is 187 g/mol. The van der Waals surface area contributed by atoms with Gasteiger partial charge < -0.3 is 10.4 Å². The lowest BCUT2D eigenvalue weighted by molar-refractivity contribution is -0.137. The van der Waals surface area contributed by atoms with E-state index in [1.807, 2.05) is 0 Å². The number of carboxylic acids is 1. The molecule has 1 atom stereocenters. The number of anilines is 1. The molecule has 1 heterocycles. The van der Waals surface area contributed by atoms with Crippen molar-refractivity contribution >= 4 is 22.4 Å². The van der Waals surface area contributed by atoms with Gasteiger partial charge in [0, 0.05) is 0 Å². The lowest BCUT2D eigenvalue weighted by atomic mass is 10.2. The Kier molecular flexibility index (Phi) is 2.98. The van der Waals surface area contributed by atoms with Crippen LogP contribution < -0.4 is 5.32 Å². The van der Waals surface area contributed by atoms with Crippen molar-refractivity contribution in [3.63, 3.8) is 0 Å². The molecule has 6 heteroatoms. The molecule has 1 aromatic rings. The Balaban J connectivity index is 2.54. The van der Waals surface area contributed by atoms with E-state index in [1.54, 1.807) is 12.4 Å². The maximum Gasteiger partial charge on any atom is 0.326 e. The second kappa shape index (κ2) is 4.01. The van der Waals surface area contributed by atoms with Crippen molar-refractivity contribution in [2.45, 2.75) is 19.4 Å². The number of aliphatic carboxylic acids is 1. The van der Waals surface area contributed by atoms with E-state index in [4.69, 9.17) is 5.11 Å². The number of carboxylic acid groups (broad SMARTS) is 1. The first-order valence-electron chi connectivity index (χ1n) is 3.49. The topological polar surface area (TPSA) is 75.1 Å². The Morgan fingerprint density at radius 1 is 1.92 bits per heavy atom. The summed E-state index contributed by atoms with van der Waals surface area (Å²) in [4.78, 5) is 10.6. The van der Waals surface area contributed by atoms with Crippen LogP contribution in [0, 0.1) is 0 Å². The van der Waals surface area contributed by atoms with Crippen LogP contribution in [0.4, 0.5) is 5.13 Å². The van der Waals surface area contributed by atoms with Gasteiger partial charge in [-0.05, 0) is 6.42 Å². The molecule has 66 valence electrons. The highest BCUT2D eigenvalue weighted by Gasteiger charge is 2.15. The molecular weight excluding hydrogens is 178 g/mol. The zero-order valence-electron chi connectivity index (χ0n) is 6.52. The van der Waals surface area contributed by atoms with Gasteiger partial charge in [-0.25, -0.2) is 4.79 Å². The summed E-state index contributed by atoms with van der Waals surface area (Å²) in [5.74, 6) is -0.868. The number of nitrogens with one attached hydrogen (secondary N) is 1. The molecule has 0 bridgehead atoms. The van der Waals surface area contributed by atoms with E-state index in [2.05, 4.69) is 15.5 Å². The van der Waals surface area contributed by atoms with Gasteiger partial charge in [-0.15, -0.1) is 10.2 Å². The molecule has 5 nitrogen and oxygen atoms in total. The van der Waals surface area contributed by atoms with Crippen LogP contribution in [0.3, 0.4) is 0 Å². The number of hydrogen-bond acceptors (Lipinski definition) is 5. The van der Waals surface area contributed by atoms with Crippen molar-refractivity contribution in [2.75, 3.05) is 5.32 Å². The summed E-state index contributed by atoms with van der Waals surface area (Å²) in [6, 6.07) is -0.571. The summed E-state index contributed by atoms with van der Waals surface area (Å²) in [5, 5.41) is 19.2. The molecule has 0 spiro atoms. The molecule has 0 amide bonds. The van der Waals surface area contributed by atoms with Gasteiger partial charge in [0.05, 0.1) is 0 Å². The summed E-state index contributed by atoms with van der Waals surface area (Å²) in [6.07, 6.45) is 0.523. The molecule has 1 unspecified atom stereocenters. The second-order valence-corrected chi connectivity index (χ2v) is 3.02. The van der Waals surface area contributed by atoms with E-state index < -0.39 is 12.0 Å². The minimum absolute atomic E-state index is 0.523. The van der Waals surface area contributed by atoms with Gasteiger partial charge in [0.15, 0.2) is 0 Å². The summed E-state index contributed by atoms with van der Waals surface area (Å²) >= 11 is 1.29. The molecule has 0 fully saturated rings. The molecule has 0 saturated carbocycles. The molecule has 1 rings (SSSR count). The third-order valence-corrected chi connectivity index (χ3v) is 1.99. The van der Waals surface area contributed by atoms with Gasteiger partial charge in [-0.3, -0.25) is 0 Å². The van der Waals surface area contributed by atoms with Gasteiger partial charge in [0.2, 0.25) is 5.13 Å². The van der Waals surface area contributed by atoms with Crippen LogP contribution in [-0.2, 0) is 4.79 Å². The number of hydrogen-bond donors (Lipinski definition) is 2. The maximum absolute atomic E-state index is 10.6. The summed E-state index contributed by atoms with van der Waals surface area (Å²) in [7, 11) is 0. The fourth-order valence-corrected chi connectivity index (χ4v) is 1.22. The van der Waals surface area contributed by atoms with Crippen molar-refractivity contribution in [1.29, 1.82) is 0 Å². The van der Waals surface area contributed by atoms with Crippen LogP contribution in [0.25, 0.3) is 0 Å². The maximum atomic E-state index is 10.6. The van der Waals surface area contributed by atoms with Crippen molar-refractivity contribution in [3.8, 4) is 0 Å². The smallest absolute Gasteiger partial charge is 0.326 e. The average Bonchev–Trinajstić information content (AvgIpc) is 2.51. The number of aromatic nitrogens is 2. The largest absolute Gasteiger partial charge is 0.480 e. The minimum atomic E-state index is -0.868. The van der Waals surface area contributed by atoms with E-state index in [0.717, 1.165) is 0 Å². The Bertz CT molecular complexity index is 249. The normalized spacial score (nSPS) is 12.4. The van der Waals surface area contributed by atoms with E-state index in [-0.39, 0.29) is 0 Å². The molecule has 0 aromatic carbocycles. The van der Waals surface area contributed by atoms with Crippen LogP contribution in [0.15, 0.2) is 5.51 Å². The lowest BCUT2D eigenvalue weighted by Crippen LogP contribution is -2.28. The predicted molar refractivity (Wildman–Crippen MR) is 45.2 cm³/mol. The van der Waals surface area contributed by atoms with E-state index in [0.29, 0.717) is 11.6 Å². The number of rotatable bonds is 4. The van der Waals surface area contributed by atoms with Gasteiger partial charge >= 0.3 is 5.97 Å². The van der Waals surface area contributed by atoms with Gasteiger partial charge in [0.25, 0.3) is 0 Å². The Labute approximate surface area is 73.4 Å². The van der Waals surface area contributed by atoms with Gasteiger partial charge in [-0.1, -0.05) is 18.3 Å². The molecule has 1 aromatic heterocycles. The lowest BCUT2D eigenvalue weighted by Gasteiger charge is -2.09. The van der Waals surface area contributed by atoms with Crippen LogP contribution in [-0.4, -0.2) is 27.3 Å². The summed E-state index contributed by atoms with van der Waals surface area (Å²) < 4.78 is 0. The van der Waals surface area contributed by atoms with Crippen molar-refractivity contribution in [2.24, 2.45) is 0 Å². The first-order chi connectivity index (χ1) is 5.74. The SMILES string of the molecule is CCC(Nc1nncs1)C(=O)O. The van der Waals surface area contributed by atoms with E-state index >= 15 is 0 Å². The molecule has 0 aliphatic rings. The highest BCUT2D eigenvalue weighted by molar-refractivity contribution is 7.13. The monoisotopic (exact) mass is 187 g/mol. The summed E-state index contributed by atoms with van der Waals surface area (Å²) in [6.45, 7) is 1.80. The Morgan fingerprint density at radius 2 is 2.67 bits per heavy atom. The number of nitrogens with zero attached hydrogens (tertiary/aromatic N) is 2. The number of carbonyl (C=O) groups is 1. The third-order valence-electron chi connectivity index (χ3n) is 1.36. The quantitative estimate of drug-likeness (QED) is 0.729. The Hall–Kier alpha value is -1.17. The van der Waals surface area contributed by atoms with E-state index in [1.165, 1.54) is 11.3 Å². The van der Waals surface area contributed by atoms with Crippen molar-refractivity contribution in [1.82, 2.24) is 10.2 Å². The molecule has 0 radical (unpaired) electrons. The van der Waals surface area contributed by atoms with Gasteiger partial charge in [0.1, 0.15) is 11.6 Å². The van der Waals surface area contributed by atoms with Crippen LogP contribution in [0.2, 0.25) is 0 Å². The zero-order valence-corrected chi connectivity index (χ0v) is 7.34. The molecular formula is C6H9N3O2S. The molecule has 2 N–H and O–H groups in total. The molecule has 0 aliphatic heterocycles. The highest BCUT2D eigenvalue weighted by atomic mass is 32.1. The van der Waals surface area contributed by atoms with Crippen LogP contribution in [0.5, 0.6) is 0 Å². The second-order valence-electron chi connectivity index (χ2n) is 2.19.